The van der Waals surface area contributed by atoms with Gasteiger partial charge in [-0.15, -0.1) is 0 Å². The Labute approximate surface area is 177 Å². The molecule has 0 N–H and O–H groups in total. The molecule has 0 unspecified atom stereocenters. The molecule has 4 rings (SSSR count). The zero-order chi connectivity index (χ0) is 21.3. The average Bonchev–Trinajstić information content (AvgIpc) is 3.15. The standard InChI is InChI=1S/C22H30N6O2/c1-17-19(15-25(2)24-17)16-27-13-8-22(9-14-27)20(29)28(21(30)26(22)3)12-4-5-18-6-10-23-11-7-18/h6-7,10-11,15H,4-5,8-9,12-14,16H2,1-3H3. The number of likely N-dealkylation sites (N-methyl/N-ethyl adjacent to an activating group) is 1. The Morgan fingerprint density at radius 3 is 2.43 bits per heavy atom. The van der Waals surface area contributed by atoms with Crippen molar-refractivity contribution in [2.75, 3.05) is 26.7 Å². The summed E-state index contributed by atoms with van der Waals surface area (Å²) in [6.07, 6.45) is 8.53. The number of amides is 3. The first-order valence-corrected chi connectivity index (χ1v) is 10.6. The predicted molar refractivity (Wildman–Crippen MR) is 113 cm³/mol. The number of carbonyl (C=O) groups is 2. The van der Waals surface area contributed by atoms with Crippen LogP contribution in [0.4, 0.5) is 4.79 Å². The van der Waals surface area contributed by atoms with Gasteiger partial charge in [-0.05, 0) is 50.3 Å². The molecule has 8 heteroatoms. The van der Waals surface area contributed by atoms with Gasteiger partial charge in [-0.1, -0.05) is 0 Å². The van der Waals surface area contributed by atoms with Gasteiger partial charge in [0.15, 0.2) is 0 Å². The molecule has 2 aliphatic heterocycles. The zero-order valence-electron chi connectivity index (χ0n) is 18.0. The van der Waals surface area contributed by atoms with Gasteiger partial charge in [-0.3, -0.25) is 24.3 Å². The minimum Gasteiger partial charge on any atom is -0.312 e. The highest BCUT2D eigenvalue weighted by atomic mass is 16.2. The molecule has 2 saturated heterocycles. The summed E-state index contributed by atoms with van der Waals surface area (Å²) >= 11 is 0. The van der Waals surface area contributed by atoms with Crippen LogP contribution in [0.15, 0.2) is 30.7 Å². The van der Waals surface area contributed by atoms with Gasteiger partial charge in [0.2, 0.25) is 0 Å². The number of nitrogens with zero attached hydrogens (tertiary/aromatic N) is 6. The second kappa shape index (κ2) is 8.18. The summed E-state index contributed by atoms with van der Waals surface area (Å²) in [4.78, 5) is 35.7. The third kappa shape index (κ3) is 3.71. The van der Waals surface area contributed by atoms with Crippen LogP contribution in [0.25, 0.3) is 0 Å². The van der Waals surface area contributed by atoms with Gasteiger partial charge in [-0.2, -0.15) is 5.10 Å². The molecule has 0 saturated carbocycles. The smallest absolute Gasteiger partial charge is 0.312 e. The number of carbonyl (C=O) groups excluding carboxylic acids is 2. The molecular weight excluding hydrogens is 380 g/mol. The number of pyridine rings is 1. The van der Waals surface area contributed by atoms with E-state index in [2.05, 4.69) is 21.2 Å². The molecule has 160 valence electrons. The van der Waals surface area contributed by atoms with Gasteiger partial charge >= 0.3 is 6.03 Å². The number of rotatable bonds is 6. The summed E-state index contributed by atoms with van der Waals surface area (Å²) < 4.78 is 1.84. The minimum atomic E-state index is -0.686. The maximum absolute atomic E-state index is 13.3. The van der Waals surface area contributed by atoms with E-state index < -0.39 is 5.54 Å². The average molecular weight is 411 g/mol. The molecule has 0 radical (unpaired) electrons. The van der Waals surface area contributed by atoms with Crippen molar-refractivity contribution in [1.82, 2.24) is 29.5 Å². The van der Waals surface area contributed by atoms with Gasteiger partial charge in [-0.25, -0.2) is 4.79 Å². The summed E-state index contributed by atoms with van der Waals surface area (Å²) in [5.41, 5.74) is 2.75. The SMILES string of the molecule is Cc1nn(C)cc1CN1CCC2(CC1)C(=O)N(CCCc1ccncc1)C(=O)N2C. The van der Waals surface area contributed by atoms with Gasteiger partial charge in [0.05, 0.1) is 5.69 Å². The summed E-state index contributed by atoms with van der Waals surface area (Å²) in [6.45, 7) is 4.91. The van der Waals surface area contributed by atoms with Crippen molar-refractivity contribution in [2.45, 2.75) is 44.7 Å². The van der Waals surface area contributed by atoms with Crippen LogP contribution < -0.4 is 0 Å². The lowest BCUT2D eigenvalue weighted by Crippen LogP contribution is -2.55. The van der Waals surface area contributed by atoms with E-state index in [-0.39, 0.29) is 11.9 Å². The molecule has 0 aliphatic carbocycles. The van der Waals surface area contributed by atoms with Crippen molar-refractivity contribution in [2.24, 2.45) is 7.05 Å². The van der Waals surface area contributed by atoms with Crippen molar-refractivity contribution in [3.8, 4) is 0 Å². The lowest BCUT2D eigenvalue weighted by Gasteiger charge is -2.40. The first-order valence-electron chi connectivity index (χ1n) is 10.6. The van der Waals surface area contributed by atoms with E-state index in [0.29, 0.717) is 19.4 Å². The minimum absolute atomic E-state index is 0.0260. The Morgan fingerprint density at radius 2 is 1.80 bits per heavy atom. The van der Waals surface area contributed by atoms with Crippen molar-refractivity contribution in [3.05, 3.63) is 47.5 Å². The Bertz CT molecular complexity index is 917. The molecular formula is C22H30N6O2. The molecule has 3 amide bonds. The Balaban J connectivity index is 1.36. The molecule has 1 spiro atoms. The molecule has 2 fully saturated rings. The lowest BCUT2D eigenvalue weighted by molar-refractivity contribution is -0.135. The monoisotopic (exact) mass is 410 g/mol. The summed E-state index contributed by atoms with van der Waals surface area (Å²) in [6, 6.07) is 3.79. The maximum Gasteiger partial charge on any atom is 0.327 e. The van der Waals surface area contributed by atoms with Crippen LogP contribution in [-0.2, 0) is 24.8 Å². The second-order valence-electron chi connectivity index (χ2n) is 8.48. The van der Waals surface area contributed by atoms with Gasteiger partial charge in [0.25, 0.3) is 5.91 Å². The number of piperidine rings is 1. The molecule has 0 bridgehead atoms. The number of urea groups is 1. The van der Waals surface area contributed by atoms with Crippen molar-refractivity contribution in [3.63, 3.8) is 0 Å². The number of hydrogen-bond acceptors (Lipinski definition) is 5. The Kier molecular flexibility index (Phi) is 5.60. The molecule has 4 heterocycles. The van der Waals surface area contributed by atoms with Crippen LogP contribution in [0.3, 0.4) is 0 Å². The van der Waals surface area contributed by atoms with Gasteiger partial charge < -0.3 is 4.90 Å². The fourth-order valence-electron chi connectivity index (χ4n) is 4.71. The van der Waals surface area contributed by atoms with E-state index in [1.807, 2.05) is 30.8 Å². The van der Waals surface area contributed by atoms with Crippen LogP contribution in [-0.4, -0.2) is 73.6 Å². The fourth-order valence-corrected chi connectivity index (χ4v) is 4.71. The van der Waals surface area contributed by atoms with E-state index in [0.717, 1.165) is 38.2 Å². The zero-order valence-corrected chi connectivity index (χ0v) is 18.0. The quantitative estimate of drug-likeness (QED) is 0.681. The topological polar surface area (TPSA) is 74.6 Å². The van der Waals surface area contributed by atoms with Crippen molar-refractivity contribution >= 4 is 11.9 Å². The normalized spacial score (nSPS) is 19.3. The Morgan fingerprint density at radius 1 is 1.10 bits per heavy atom. The number of imide groups is 1. The molecule has 0 aromatic carbocycles. The van der Waals surface area contributed by atoms with E-state index in [1.54, 1.807) is 24.3 Å². The highest BCUT2D eigenvalue weighted by Gasteiger charge is 2.56. The molecule has 2 aromatic rings. The highest BCUT2D eigenvalue weighted by molar-refractivity contribution is 6.07. The maximum atomic E-state index is 13.3. The largest absolute Gasteiger partial charge is 0.327 e. The van der Waals surface area contributed by atoms with Gasteiger partial charge in [0.1, 0.15) is 5.54 Å². The number of likely N-dealkylation sites (tertiary alicyclic amines) is 1. The van der Waals surface area contributed by atoms with Crippen LogP contribution in [0.5, 0.6) is 0 Å². The summed E-state index contributed by atoms with van der Waals surface area (Å²) in [5, 5.41) is 4.41. The van der Waals surface area contributed by atoms with E-state index in [4.69, 9.17) is 0 Å². The molecule has 2 aliphatic rings. The van der Waals surface area contributed by atoms with Crippen molar-refractivity contribution in [1.29, 1.82) is 0 Å². The third-order valence-electron chi connectivity index (χ3n) is 6.59. The van der Waals surface area contributed by atoms with Crippen LogP contribution in [0.1, 0.15) is 36.1 Å². The Hall–Kier alpha value is -2.74. The van der Waals surface area contributed by atoms with Gasteiger partial charge in [0, 0.05) is 64.4 Å². The van der Waals surface area contributed by atoms with E-state index >= 15 is 0 Å². The molecule has 8 nitrogen and oxygen atoms in total. The van der Waals surface area contributed by atoms with Crippen molar-refractivity contribution < 1.29 is 9.59 Å². The summed E-state index contributed by atoms with van der Waals surface area (Å²) in [5.74, 6) is -0.0260. The van der Waals surface area contributed by atoms with E-state index in [1.165, 1.54) is 16.0 Å². The highest BCUT2D eigenvalue weighted by Crippen LogP contribution is 2.36. The van der Waals surface area contributed by atoms with Crippen LogP contribution in [0.2, 0.25) is 0 Å². The molecule has 30 heavy (non-hydrogen) atoms. The first kappa shape index (κ1) is 20.5. The third-order valence-corrected chi connectivity index (χ3v) is 6.59. The number of hydrogen-bond donors (Lipinski definition) is 0. The molecule has 2 aromatic heterocycles. The number of aryl methyl sites for hydroxylation is 3. The summed E-state index contributed by atoms with van der Waals surface area (Å²) in [7, 11) is 3.72. The molecule has 0 atom stereocenters. The fraction of sp³-hybridized carbons (Fsp3) is 0.545. The van der Waals surface area contributed by atoms with Crippen LogP contribution in [0, 0.1) is 6.92 Å². The van der Waals surface area contributed by atoms with E-state index in [9.17, 15) is 9.59 Å². The predicted octanol–water partition coefficient (Wildman–Crippen LogP) is 1.98. The lowest BCUT2D eigenvalue weighted by atomic mass is 9.86. The first-order chi connectivity index (χ1) is 14.4. The van der Waals surface area contributed by atoms with Crippen LogP contribution >= 0.6 is 0 Å². The second-order valence-corrected chi connectivity index (χ2v) is 8.48. The number of aromatic nitrogens is 3.